The van der Waals surface area contributed by atoms with Crippen LogP contribution in [0.5, 0.6) is 0 Å². The third-order valence-corrected chi connectivity index (χ3v) is 5.25. The molecule has 1 atom stereocenters. The molecule has 1 saturated heterocycles. The molecule has 5 rings (SSSR count). The van der Waals surface area contributed by atoms with Crippen molar-refractivity contribution in [3.8, 4) is 0 Å². The van der Waals surface area contributed by atoms with Gasteiger partial charge in [-0.25, -0.2) is 0 Å². The number of hydrogen-bond acceptors (Lipinski definition) is 7. The Kier molecular flexibility index (Phi) is 3.74. The van der Waals surface area contributed by atoms with E-state index >= 15 is 0 Å². The molecule has 3 aromatic rings. The van der Waals surface area contributed by atoms with Crippen LogP contribution in [0.3, 0.4) is 0 Å². The lowest BCUT2D eigenvalue weighted by atomic mass is 10.0. The van der Waals surface area contributed by atoms with Crippen LogP contribution in [-0.4, -0.2) is 54.7 Å². The predicted molar refractivity (Wildman–Crippen MR) is 97.6 cm³/mol. The second-order valence-corrected chi connectivity index (χ2v) is 7.14. The maximum absolute atomic E-state index is 9.71. The molecular formula is C17H22N8O. The van der Waals surface area contributed by atoms with Crippen LogP contribution in [0, 0.1) is 0 Å². The molecule has 0 bridgehead atoms. The van der Waals surface area contributed by atoms with Crippen LogP contribution >= 0.6 is 0 Å². The Morgan fingerprint density at radius 2 is 2.12 bits per heavy atom. The summed E-state index contributed by atoms with van der Waals surface area (Å²) >= 11 is 0. The van der Waals surface area contributed by atoms with E-state index in [0.29, 0.717) is 23.3 Å². The molecular weight excluding hydrogens is 332 g/mol. The van der Waals surface area contributed by atoms with Gasteiger partial charge in [0.1, 0.15) is 5.82 Å². The van der Waals surface area contributed by atoms with E-state index in [9.17, 15) is 5.11 Å². The molecule has 9 heteroatoms. The summed E-state index contributed by atoms with van der Waals surface area (Å²) in [5.41, 5.74) is 1.85. The number of piperidine rings is 1. The molecule has 2 aliphatic rings. The van der Waals surface area contributed by atoms with Crippen LogP contribution < -0.4 is 10.2 Å². The van der Waals surface area contributed by atoms with Gasteiger partial charge in [0.25, 0.3) is 0 Å². The normalized spacial score (nSPS) is 20.7. The number of nitrogens with one attached hydrogen (secondary N) is 3. The topological polar surface area (TPSA) is 119 Å². The SMILES string of the molecule is OCC1CCCCN1c1nc(Nc2cc(C3CC3)[nH]n2)c2cn[nH]c2n1. The molecule has 1 unspecified atom stereocenters. The van der Waals surface area contributed by atoms with Gasteiger partial charge in [-0.3, -0.25) is 10.2 Å². The van der Waals surface area contributed by atoms with Crippen molar-refractivity contribution in [3.05, 3.63) is 18.0 Å². The maximum atomic E-state index is 9.71. The lowest BCUT2D eigenvalue weighted by Crippen LogP contribution is -2.43. The minimum absolute atomic E-state index is 0.0591. The van der Waals surface area contributed by atoms with Gasteiger partial charge in [0.2, 0.25) is 5.95 Å². The number of aromatic nitrogens is 6. The van der Waals surface area contributed by atoms with E-state index in [0.717, 1.165) is 37.0 Å². The van der Waals surface area contributed by atoms with Crippen molar-refractivity contribution in [2.24, 2.45) is 0 Å². The Hall–Kier alpha value is -2.68. The molecule has 2 fully saturated rings. The van der Waals surface area contributed by atoms with Crippen molar-refractivity contribution in [3.63, 3.8) is 0 Å². The summed E-state index contributed by atoms with van der Waals surface area (Å²) < 4.78 is 0. The monoisotopic (exact) mass is 354 g/mol. The lowest BCUT2D eigenvalue weighted by molar-refractivity contribution is 0.239. The number of rotatable bonds is 5. The summed E-state index contributed by atoms with van der Waals surface area (Å²) in [6.07, 6.45) is 7.32. The molecule has 0 amide bonds. The van der Waals surface area contributed by atoms with Gasteiger partial charge in [0.15, 0.2) is 11.5 Å². The minimum atomic E-state index is 0.0591. The number of H-pyrrole nitrogens is 2. The first-order valence-corrected chi connectivity index (χ1v) is 9.23. The lowest BCUT2D eigenvalue weighted by Gasteiger charge is -2.34. The van der Waals surface area contributed by atoms with E-state index in [4.69, 9.17) is 4.98 Å². The molecule has 1 aliphatic carbocycles. The molecule has 0 aromatic carbocycles. The molecule has 1 saturated carbocycles. The van der Waals surface area contributed by atoms with Gasteiger partial charge in [0.05, 0.1) is 24.2 Å². The van der Waals surface area contributed by atoms with Crippen molar-refractivity contribution in [1.29, 1.82) is 0 Å². The summed E-state index contributed by atoms with van der Waals surface area (Å²) in [4.78, 5) is 11.5. The van der Waals surface area contributed by atoms with Crippen molar-refractivity contribution >= 4 is 28.6 Å². The van der Waals surface area contributed by atoms with E-state index in [-0.39, 0.29) is 12.6 Å². The Balaban J connectivity index is 1.50. The molecule has 0 radical (unpaired) electrons. The number of aromatic amines is 2. The first kappa shape index (κ1) is 15.6. The van der Waals surface area contributed by atoms with Crippen LogP contribution in [0.1, 0.15) is 43.7 Å². The molecule has 1 aliphatic heterocycles. The highest BCUT2D eigenvalue weighted by atomic mass is 16.3. The number of nitrogens with zero attached hydrogens (tertiary/aromatic N) is 5. The highest BCUT2D eigenvalue weighted by Crippen LogP contribution is 2.39. The van der Waals surface area contributed by atoms with Crippen molar-refractivity contribution < 1.29 is 5.11 Å². The van der Waals surface area contributed by atoms with Crippen molar-refractivity contribution in [2.75, 3.05) is 23.4 Å². The average Bonchev–Trinajstić information content (AvgIpc) is 3.23. The van der Waals surface area contributed by atoms with Crippen LogP contribution in [0.2, 0.25) is 0 Å². The summed E-state index contributed by atoms with van der Waals surface area (Å²) in [6.45, 7) is 0.954. The number of aliphatic hydroxyl groups excluding tert-OH is 1. The van der Waals surface area contributed by atoms with Crippen LogP contribution in [0.15, 0.2) is 12.3 Å². The van der Waals surface area contributed by atoms with E-state index < -0.39 is 0 Å². The van der Waals surface area contributed by atoms with E-state index in [1.54, 1.807) is 6.20 Å². The first-order chi connectivity index (χ1) is 12.8. The number of hydrogen-bond donors (Lipinski definition) is 4. The zero-order valence-corrected chi connectivity index (χ0v) is 14.4. The molecule has 4 N–H and O–H groups in total. The minimum Gasteiger partial charge on any atom is -0.394 e. The second-order valence-electron chi connectivity index (χ2n) is 7.14. The van der Waals surface area contributed by atoms with Crippen LogP contribution in [0.4, 0.5) is 17.6 Å². The fraction of sp³-hybridized carbons (Fsp3) is 0.529. The largest absolute Gasteiger partial charge is 0.394 e. The van der Waals surface area contributed by atoms with Gasteiger partial charge in [-0.2, -0.15) is 20.2 Å². The third-order valence-electron chi connectivity index (χ3n) is 5.25. The Bertz CT molecular complexity index is 915. The van der Waals surface area contributed by atoms with Gasteiger partial charge in [-0.1, -0.05) is 0 Å². The Morgan fingerprint density at radius 3 is 2.96 bits per heavy atom. The molecule has 3 aromatic heterocycles. The van der Waals surface area contributed by atoms with Gasteiger partial charge < -0.3 is 15.3 Å². The third kappa shape index (κ3) is 2.78. The fourth-order valence-corrected chi connectivity index (χ4v) is 3.63. The second kappa shape index (κ2) is 6.24. The number of aliphatic hydroxyl groups is 1. The maximum Gasteiger partial charge on any atom is 0.229 e. The van der Waals surface area contributed by atoms with Crippen LogP contribution in [-0.2, 0) is 0 Å². The summed E-state index contributed by atoms with van der Waals surface area (Å²) in [6, 6.07) is 2.10. The van der Waals surface area contributed by atoms with Gasteiger partial charge >= 0.3 is 0 Å². The van der Waals surface area contributed by atoms with E-state index in [1.807, 2.05) is 6.07 Å². The molecule has 9 nitrogen and oxygen atoms in total. The van der Waals surface area contributed by atoms with Gasteiger partial charge in [-0.05, 0) is 32.1 Å². The Labute approximate surface area is 150 Å². The number of fused-ring (bicyclic) bond motifs is 1. The highest BCUT2D eigenvalue weighted by Gasteiger charge is 2.27. The van der Waals surface area contributed by atoms with Gasteiger partial charge in [0, 0.05) is 24.2 Å². The average molecular weight is 354 g/mol. The first-order valence-electron chi connectivity index (χ1n) is 9.23. The molecule has 0 spiro atoms. The number of anilines is 3. The molecule has 4 heterocycles. The fourth-order valence-electron chi connectivity index (χ4n) is 3.63. The zero-order valence-electron chi connectivity index (χ0n) is 14.4. The summed E-state index contributed by atoms with van der Waals surface area (Å²) in [5, 5.41) is 28.3. The molecule has 26 heavy (non-hydrogen) atoms. The predicted octanol–water partition coefficient (Wildman–Crippen LogP) is 2.05. The van der Waals surface area contributed by atoms with Gasteiger partial charge in [-0.15, -0.1) is 0 Å². The van der Waals surface area contributed by atoms with Crippen molar-refractivity contribution in [1.82, 2.24) is 30.4 Å². The van der Waals surface area contributed by atoms with Crippen molar-refractivity contribution in [2.45, 2.75) is 44.1 Å². The van der Waals surface area contributed by atoms with E-state index in [2.05, 4.69) is 35.6 Å². The zero-order chi connectivity index (χ0) is 17.5. The summed E-state index contributed by atoms with van der Waals surface area (Å²) in [5.74, 6) is 2.65. The molecule has 136 valence electrons. The standard InChI is InChI=1S/C17H22N8O/c26-9-11-3-1-2-6-25(11)17-20-15(12-8-18-24-16(12)21-17)19-14-7-13(22-23-14)10-4-5-10/h7-8,10-11,26H,1-6,9H2,(H3,18,19,20,21,22,23,24). The summed E-state index contributed by atoms with van der Waals surface area (Å²) in [7, 11) is 0. The van der Waals surface area contributed by atoms with E-state index in [1.165, 1.54) is 18.5 Å². The Morgan fingerprint density at radius 1 is 1.19 bits per heavy atom. The smallest absolute Gasteiger partial charge is 0.229 e. The highest BCUT2D eigenvalue weighted by molar-refractivity contribution is 5.88. The van der Waals surface area contributed by atoms with Crippen LogP contribution in [0.25, 0.3) is 11.0 Å². The quantitative estimate of drug-likeness (QED) is 0.553.